The Hall–Kier alpha value is -4.21. The number of ether oxygens (including phenoxy) is 1. The molecule has 0 saturated carbocycles. The first-order valence-electron chi connectivity index (χ1n) is 8.60. The van der Waals surface area contributed by atoms with Crippen LogP contribution in [0.4, 0.5) is 36.3 Å². The highest BCUT2D eigenvalue weighted by Gasteiger charge is 2.12. The lowest BCUT2D eigenvalue weighted by atomic mass is 10.2. The van der Waals surface area contributed by atoms with E-state index in [9.17, 15) is 23.7 Å². The number of halogens is 2. The van der Waals surface area contributed by atoms with Crippen molar-refractivity contribution in [2.24, 2.45) is 0 Å². The highest BCUT2D eigenvalue weighted by atomic mass is 19.1. The molecule has 0 atom stereocenters. The number of benzene rings is 3. The SMILES string of the molecule is Nc1cc(Oc2ccc(NC(=O)Nc3cc(CF)ccc3F)cc2)ccc1[N+](=O)[O-]. The molecule has 0 aliphatic carbocycles. The van der Waals surface area contributed by atoms with Crippen LogP contribution in [-0.4, -0.2) is 11.0 Å². The van der Waals surface area contributed by atoms with E-state index in [4.69, 9.17) is 10.5 Å². The number of hydrogen-bond acceptors (Lipinski definition) is 5. The lowest BCUT2D eigenvalue weighted by Gasteiger charge is -2.10. The molecular formula is C20H16F2N4O4. The van der Waals surface area contributed by atoms with Gasteiger partial charge < -0.3 is 21.1 Å². The Morgan fingerprint density at radius 1 is 1.03 bits per heavy atom. The van der Waals surface area contributed by atoms with Gasteiger partial charge in [-0.1, -0.05) is 6.07 Å². The van der Waals surface area contributed by atoms with Crippen LogP contribution in [0.15, 0.2) is 60.7 Å². The zero-order valence-electron chi connectivity index (χ0n) is 15.4. The molecule has 0 unspecified atom stereocenters. The summed E-state index contributed by atoms with van der Waals surface area (Å²) in [7, 11) is 0. The predicted molar refractivity (Wildman–Crippen MR) is 108 cm³/mol. The van der Waals surface area contributed by atoms with Crippen molar-refractivity contribution in [3.8, 4) is 11.5 Å². The molecule has 0 aromatic heterocycles. The van der Waals surface area contributed by atoms with Crippen molar-refractivity contribution in [3.63, 3.8) is 0 Å². The van der Waals surface area contributed by atoms with Gasteiger partial charge >= 0.3 is 6.03 Å². The van der Waals surface area contributed by atoms with Crippen LogP contribution in [0.1, 0.15) is 5.56 Å². The number of nitrogen functional groups attached to an aromatic ring is 1. The zero-order valence-corrected chi connectivity index (χ0v) is 15.4. The van der Waals surface area contributed by atoms with Gasteiger partial charge in [-0.3, -0.25) is 10.1 Å². The number of nitrogens with zero attached hydrogens (tertiary/aromatic N) is 1. The van der Waals surface area contributed by atoms with Gasteiger partial charge in [-0.15, -0.1) is 0 Å². The number of rotatable bonds is 6. The fourth-order valence-electron chi connectivity index (χ4n) is 2.54. The summed E-state index contributed by atoms with van der Waals surface area (Å²) >= 11 is 0. The minimum absolute atomic E-state index is 0.0310. The topological polar surface area (TPSA) is 120 Å². The van der Waals surface area contributed by atoms with Crippen LogP contribution in [0, 0.1) is 15.9 Å². The average molecular weight is 414 g/mol. The van der Waals surface area contributed by atoms with Gasteiger partial charge in [-0.2, -0.15) is 0 Å². The van der Waals surface area contributed by atoms with E-state index in [-0.39, 0.29) is 22.6 Å². The number of nitrogens with one attached hydrogen (secondary N) is 2. The first-order chi connectivity index (χ1) is 14.4. The van der Waals surface area contributed by atoms with Crippen molar-refractivity contribution in [2.75, 3.05) is 16.4 Å². The molecule has 0 aliphatic heterocycles. The van der Waals surface area contributed by atoms with Crippen LogP contribution < -0.4 is 21.1 Å². The molecule has 154 valence electrons. The van der Waals surface area contributed by atoms with E-state index in [0.717, 1.165) is 6.07 Å². The molecule has 0 bridgehead atoms. The molecule has 0 radical (unpaired) electrons. The molecule has 8 nitrogen and oxygen atoms in total. The standard InChI is InChI=1S/C20H16F2N4O4/c21-11-12-1-7-16(22)18(9-12)25-20(27)24-13-2-4-14(5-3-13)30-15-6-8-19(26(28)29)17(23)10-15/h1-10H,11,23H2,(H2,24,25,27). The van der Waals surface area contributed by atoms with Gasteiger partial charge in [-0.05, 0) is 48.0 Å². The van der Waals surface area contributed by atoms with Crippen molar-refractivity contribution in [1.29, 1.82) is 0 Å². The van der Waals surface area contributed by atoms with Crippen LogP contribution in [0.2, 0.25) is 0 Å². The van der Waals surface area contributed by atoms with Gasteiger partial charge in [0.1, 0.15) is 29.7 Å². The maximum Gasteiger partial charge on any atom is 0.323 e. The normalized spacial score (nSPS) is 10.3. The molecule has 0 heterocycles. The third-order valence-electron chi connectivity index (χ3n) is 3.98. The Bertz CT molecular complexity index is 1090. The quantitative estimate of drug-likeness (QED) is 0.290. The molecule has 0 saturated heterocycles. The van der Waals surface area contributed by atoms with Gasteiger partial charge in [-0.25, -0.2) is 13.6 Å². The van der Waals surface area contributed by atoms with E-state index >= 15 is 0 Å². The first kappa shape index (κ1) is 20.5. The second-order valence-electron chi connectivity index (χ2n) is 6.13. The van der Waals surface area contributed by atoms with E-state index in [0.29, 0.717) is 17.2 Å². The number of urea groups is 1. The van der Waals surface area contributed by atoms with E-state index in [1.807, 2.05) is 0 Å². The Morgan fingerprint density at radius 2 is 1.73 bits per heavy atom. The molecule has 30 heavy (non-hydrogen) atoms. The Kier molecular flexibility index (Phi) is 6.06. The molecular weight excluding hydrogens is 398 g/mol. The second-order valence-corrected chi connectivity index (χ2v) is 6.13. The third-order valence-corrected chi connectivity index (χ3v) is 3.98. The minimum atomic E-state index is -0.779. The van der Waals surface area contributed by atoms with Crippen LogP contribution >= 0.6 is 0 Å². The van der Waals surface area contributed by atoms with E-state index < -0.39 is 23.4 Å². The van der Waals surface area contributed by atoms with Gasteiger partial charge in [0.15, 0.2) is 0 Å². The lowest BCUT2D eigenvalue weighted by Crippen LogP contribution is -2.20. The Balaban J connectivity index is 1.62. The predicted octanol–water partition coefficient (Wildman–Crippen LogP) is 5.22. The summed E-state index contributed by atoms with van der Waals surface area (Å²) in [5.74, 6) is 0.0177. The molecule has 0 fully saturated rings. The number of hydrogen-bond donors (Lipinski definition) is 3. The molecule has 4 N–H and O–H groups in total. The number of nitro benzene ring substituents is 1. The fourth-order valence-corrected chi connectivity index (χ4v) is 2.54. The number of alkyl halides is 1. The smallest absolute Gasteiger partial charge is 0.323 e. The van der Waals surface area contributed by atoms with E-state index in [2.05, 4.69) is 10.6 Å². The van der Waals surface area contributed by atoms with E-state index in [1.165, 1.54) is 42.5 Å². The van der Waals surface area contributed by atoms with Gasteiger partial charge in [0.25, 0.3) is 5.69 Å². The summed E-state index contributed by atoms with van der Waals surface area (Å²) in [5.41, 5.74) is 5.86. The molecule has 3 aromatic rings. The molecule has 3 rings (SSSR count). The van der Waals surface area contributed by atoms with Crippen LogP contribution in [0.5, 0.6) is 11.5 Å². The Morgan fingerprint density at radius 3 is 2.37 bits per heavy atom. The van der Waals surface area contributed by atoms with Gasteiger partial charge in [0.05, 0.1) is 10.6 Å². The lowest BCUT2D eigenvalue weighted by molar-refractivity contribution is -0.383. The van der Waals surface area contributed by atoms with Crippen molar-refractivity contribution in [2.45, 2.75) is 6.67 Å². The second kappa shape index (κ2) is 8.86. The summed E-state index contributed by atoms with van der Waals surface area (Å²) in [5, 5.41) is 15.6. The summed E-state index contributed by atoms with van der Waals surface area (Å²) in [6.45, 7) is -0.779. The van der Waals surface area contributed by atoms with Crippen LogP contribution in [0.25, 0.3) is 0 Å². The number of carbonyl (C=O) groups is 1. The summed E-state index contributed by atoms with van der Waals surface area (Å²) < 4.78 is 32.0. The number of amides is 2. The fraction of sp³-hybridized carbons (Fsp3) is 0.0500. The average Bonchev–Trinajstić information content (AvgIpc) is 2.71. The monoisotopic (exact) mass is 414 g/mol. The minimum Gasteiger partial charge on any atom is -0.457 e. The third kappa shape index (κ3) is 4.98. The Labute approximate surface area is 169 Å². The maximum atomic E-state index is 13.7. The molecule has 0 aliphatic rings. The summed E-state index contributed by atoms with van der Waals surface area (Å²) in [4.78, 5) is 22.2. The van der Waals surface area contributed by atoms with Crippen LogP contribution in [0.3, 0.4) is 0 Å². The molecule has 3 aromatic carbocycles. The largest absolute Gasteiger partial charge is 0.457 e. The van der Waals surface area contributed by atoms with Gasteiger partial charge in [0, 0.05) is 17.8 Å². The number of anilines is 3. The van der Waals surface area contributed by atoms with Crippen molar-refractivity contribution >= 4 is 28.8 Å². The van der Waals surface area contributed by atoms with Crippen molar-refractivity contribution < 1.29 is 23.2 Å². The van der Waals surface area contributed by atoms with Crippen molar-refractivity contribution in [3.05, 3.63) is 82.2 Å². The number of carbonyl (C=O) groups excluding carboxylic acids is 1. The van der Waals surface area contributed by atoms with E-state index in [1.54, 1.807) is 12.1 Å². The maximum absolute atomic E-state index is 13.7. The number of nitrogens with two attached hydrogens (primary N) is 1. The highest BCUT2D eigenvalue weighted by Crippen LogP contribution is 2.29. The molecule has 0 spiro atoms. The molecule has 10 heteroatoms. The summed E-state index contributed by atoms with van der Waals surface area (Å²) in [6, 6.07) is 13.0. The molecule has 2 amide bonds. The number of nitro groups is 1. The van der Waals surface area contributed by atoms with Crippen LogP contribution in [-0.2, 0) is 6.67 Å². The zero-order chi connectivity index (χ0) is 21.7. The first-order valence-corrected chi connectivity index (χ1v) is 8.60. The highest BCUT2D eigenvalue weighted by molar-refractivity contribution is 5.99. The summed E-state index contributed by atoms with van der Waals surface area (Å²) in [6.07, 6.45) is 0. The van der Waals surface area contributed by atoms with Crippen molar-refractivity contribution in [1.82, 2.24) is 0 Å². The van der Waals surface area contributed by atoms with Gasteiger partial charge in [0.2, 0.25) is 0 Å².